The first-order valence-electron chi connectivity index (χ1n) is 13.2. The molecule has 3 aliphatic rings. The minimum Gasteiger partial charge on any atom is -0.327 e. The first kappa shape index (κ1) is 24.1. The van der Waals surface area contributed by atoms with Crippen molar-refractivity contribution in [3.05, 3.63) is 47.8 Å². The lowest BCUT2D eigenvalue weighted by atomic mass is 9.87. The van der Waals surface area contributed by atoms with Crippen molar-refractivity contribution in [2.45, 2.75) is 61.4 Å². The van der Waals surface area contributed by atoms with Crippen LogP contribution in [0.15, 0.2) is 41.3 Å². The van der Waals surface area contributed by atoms with Crippen LogP contribution in [-0.2, 0) is 16.9 Å². The number of aryl methyl sites for hydroxylation is 1. The minimum absolute atomic E-state index is 0.210. The van der Waals surface area contributed by atoms with Crippen LogP contribution < -0.4 is 0 Å². The third-order valence-corrected chi connectivity index (χ3v) is 9.74. The van der Waals surface area contributed by atoms with Gasteiger partial charge in [-0.2, -0.15) is 0 Å². The number of fused-ring (bicyclic) bond motifs is 1. The van der Waals surface area contributed by atoms with E-state index in [1.54, 1.807) is 24.3 Å². The number of rotatable bonds is 5. The number of hydrogen-bond acceptors (Lipinski definition) is 5. The molecule has 0 radical (unpaired) electrons. The largest absolute Gasteiger partial charge is 0.327 e. The molecule has 6 rings (SSSR count). The second kappa shape index (κ2) is 9.23. The zero-order valence-electron chi connectivity index (χ0n) is 21.2. The first-order chi connectivity index (χ1) is 17.3. The molecule has 1 aromatic heterocycles. The Morgan fingerprint density at radius 1 is 0.833 bits per heavy atom. The van der Waals surface area contributed by atoms with Crippen LogP contribution in [0.2, 0.25) is 0 Å². The number of likely N-dealkylation sites (tertiary alicyclic amines) is 2. The summed E-state index contributed by atoms with van der Waals surface area (Å²) in [5.74, 6) is 0.642. The molecule has 3 heterocycles. The van der Waals surface area contributed by atoms with Gasteiger partial charge in [0.1, 0.15) is 11.3 Å². The third-order valence-electron chi connectivity index (χ3n) is 8.61. The average molecular weight is 511 g/mol. The van der Waals surface area contributed by atoms with Crippen LogP contribution in [0.25, 0.3) is 22.4 Å². The van der Waals surface area contributed by atoms with Gasteiger partial charge in [0.2, 0.25) is 0 Å². The summed E-state index contributed by atoms with van der Waals surface area (Å²) < 4.78 is 41.3. The lowest BCUT2D eigenvalue weighted by molar-refractivity contribution is 0.0841. The van der Waals surface area contributed by atoms with E-state index in [4.69, 9.17) is 0 Å². The molecule has 3 fully saturated rings. The van der Waals surface area contributed by atoms with Crippen molar-refractivity contribution < 1.29 is 12.8 Å². The SMILES string of the molecule is Cn1c(-c2ccc(S(C)(=O)=O)cc2)nc2c(F)c(C3CCN(C4CCN(C5CC5)CC4)CC3)ccc21. The smallest absolute Gasteiger partial charge is 0.175 e. The molecular weight excluding hydrogens is 475 g/mol. The third kappa shape index (κ3) is 4.48. The van der Waals surface area contributed by atoms with Gasteiger partial charge in [-0.25, -0.2) is 17.8 Å². The van der Waals surface area contributed by atoms with Gasteiger partial charge in [0.05, 0.1) is 10.4 Å². The molecule has 8 heteroatoms. The highest BCUT2D eigenvalue weighted by Crippen LogP contribution is 2.36. The molecule has 0 N–H and O–H groups in total. The predicted octanol–water partition coefficient (Wildman–Crippen LogP) is 4.59. The van der Waals surface area contributed by atoms with E-state index in [-0.39, 0.29) is 16.6 Å². The van der Waals surface area contributed by atoms with E-state index in [0.29, 0.717) is 17.4 Å². The lowest BCUT2D eigenvalue weighted by Crippen LogP contribution is -2.48. The summed E-state index contributed by atoms with van der Waals surface area (Å²) in [5.41, 5.74) is 2.69. The first-order valence-corrected chi connectivity index (χ1v) is 15.1. The lowest BCUT2D eigenvalue weighted by Gasteiger charge is -2.42. The molecule has 0 bridgehead atoms. The van der Waals surface area contributed by atoms with Gasteiger partial charge in [-0.15, -0.1) is 0 Å². The van der Waals surface area contributed by atoms with E-state index in [9.17, 15) is 8.42 Å². The molecule has 0 atom stereocenters. The fourth-order valence-corrected chi connectivity index (χ4v) is 6.93. The monoisotopic (exact) mass is 510 g/mol. The number of aromatic nitrogens is 2. The Morgan fingerprint density at radius 2 is 1.42 bits per heavy atom. The molecule has 0 amide bonds. The normalized spacial score (nSPS) is 21.4. The van der Waals surface area contributed by atoms with Crippen molar-refractivity contribution in [2.75, 3.05) is 32.4 Å². The number of halogens is 1. The summed E-state index contributed by atoms with van der Waals surface area (Å²) in [7, 11) is -1.39. The van der Waals surface area contributed by atoms with Crippen LogP contribution in [-0.4, -0.2) is 72.3 Å². The number of imidazole rings is 1. The fourth-order valence-electron chi connectivity index (χ4n) is 6.30. The van der Waals surface area contributed by atoms with Crippen LogP contribution in [0, 0.1) is 5.82 Å². The molecule has 0 spiro atoms. The Bertz CT molecular complexity index is 1360. The molecule has 3 aromatic rings. The van der Waals surface area contributed by atoms with Gasteiger partial charge in [-0.05, 0) is 107 Å². The van der Waals surface area contributed by atoms with E-state index in [2.05, 4.69) is 14.8 Å². The van der Waals surface area contributed by atoms with Crippen molar-refractivity contribution in [1.29, 1.82) is 0 Å². The standard InChI is InChI=1S/C28H35FN4O2S/c1-31-25-10-9-24(19-11-15-32(16-12-19)22-13-17-33(18-14-22)21-5-6-21)26(29)27(25)30-28(31)20-3-7-23(8-4-20)36(2,34)35/h3-4,7-10,19,21-22H,5-6,11-18H2,1-2H3. The van der Waals surface area contributed by atoms with E-state index in [0.717, 1.165) is 48.6 Å². The maximum absolute atomic E-state index is 15.8. The molecular formula is C28H35FN4O2S. The summed E-state index contributed by atoms with van der Waals surface area (Å²) in [6.45, 7) is 4.55. The van der Waals surface area contributed by atoms with Crippen molar-refractivity contribution in [3.63, 3.8) is 0 Å². The predicted molar refractivity (Wildman–Crippen MR) is 140 cm³/mol. The minimum atomic E-state index is -3.27. The summed E-state index contributed by atoms with van der Waals surface area (Å²) in [6.07, 6.45) is 8.47. The summed E-state index contributed by atoms with van der Waals surface area (Å²) in [6, 6.07) is 12.1. The Hall–Kier alpha value is -2.29. The van der Waals surface area contributed by atoms with Crippen LogP contribution in [0.1, 0.15) is 50.0 Å². The summed E-state index contributed by atoms with van der Waals surface area (Å²) >= 11 is 0. The molecule has 0 unspecified atom stereocenters. The van der Waals surface area contributed by atoms with Crippen LogP contribution >= 0.6 is 0 Å². The van der Waals surface area contributed by atoms with Gasteiger partial charge >= 0.3 is 0 Å². The second-order valence-electron chi connectivity index (χ2n) is 10.9. The topological polar surface area (TPSA) is 58.4 Å². The highest BCUT2D eigenvalue weighted by Gasteiger charge is 2.35. The maximum Gasteiger partial charge on any atom is 0.175 e. The molecule has 192 valence electrons. The van der Waals surface area contributed by atoms with Gasteiger partial charge < -0.3 is 14.4 Å². The van der Waals surface area contributed by atoms with E-state index < -0.39 is 9.84 Å². The Kier molecular flexibility index (Phi) is 6.17. The molecule has 36 heavy (non-hydrogen) atoms. The van der Waals surface area contributed by atoms with Gasteiger partial charge in [0.25, 0.3) is 0 Å². The second-order valence-corrected chi connectivity index (χ2v) is 13.0. The van der Waals surface area contributed by atoms with Gasteiger partial charge in [0, 0.05) is 31.0 Å². The molecule has 2 aromatic carbocycles. The summed E-state index contributed by atoms with van der Waals surface area (Å²) in [5, 5.41) is 0. The Labute approximate surface area is 213 Å². The number of hydrogen-bond donors (Lipinski definition) is 0. The quantitative estimate of drug-likeness (QED) is 0.503. The molecule has 1 saturated carbocycles. The Morgan fingerprint density at radius 3 is 2.00 bits per heavy atom. The van der Waals surface area contributed by atoms with Crippen molar-refractivity contribution in [2.24, 2.45) is 7.05 Å². The number of sulfone groups is 1. The maximum atomic E-state index is 15.8. The van der Waals surface area contributed by atoms with Crippen LogP contribution in [0.5, 0.6) is 0 Å². The number of piperidine rings is 2. The molecule has 1 aliphatic carbocycles. The van der Waals surface area contributed by atoms with E-state index in [1.165, 1.54) is 45.0 Å². The molecule has 2 saturated heterocycles. The van der Waals surface area contributed by atoms with Gasteiger partial charge in [-0.1, -0.05) is 6.07 Å². The van der Waals surface area contributed by atoms with Gasteiger partial charge in [0.15, 0.2) is 15.7 Å². The van der Waals surface area contributed by atoms with E-state index in [1.807, 2.05) is 23.7 Å². The van der Waals surface area contributed by atoms with Crippen LogP contribution in [0.3, 0.4) is 0 Å². The summed E-state index contributed by atoms with van der Waals surface area (Å²) in [4.78, 5) is 10.3. The number of nitrogens with zero attached hydrogens (tertiary/aromatic N) is 4. The average Bonchev–Trinajstić information content (AvgIpc) is 3.68. The van der Waals surface area contributed by atoms with Crippen molar-refractivity contribution >= 4 is 20.9 Å². The van der Waals surface area contributed by atoms with Crippen LogP contribution in [0.4, 0.5) is 4.39 Å². The Balaban J connectivity index is 1.18. The zero-order chi connectivity index (χ0) is 25.0. The van der Waals surface area contributed by atoms with Crippen molar-refractivity contribution in [1.82, 2.24) is 19.4 Å². The fraction of sp³-hybridized carbons (Fsp3) is 0.536. The zero-order valence-corrected chi connectivity index (χ0v) is 22.0. The highest BCUT2D eigenvalue weighted by molar-refractivity contribution is 7.90. The van der Waals surface area contributed by atoms with E-state index >= 15 is 4.39 Å². The molecule has 2 aliphatic heterocycles. The highest BCUT2D eigenvalue weighted by atomic mass is 32.2. The molecule has 6 nitrogen and oxygen atoms in total. The number of benzene rings is 2. The van der Waals surface area contributed by atoms with Crippen molar-refractivity contribution in [3.8, 4) is 11.4 Å². The van der Waals surface area contributed by atoms with Gasteiger partial charge in [-0.3, -0.25) is 0 Å².